The number of carbonyl (C=O) groups is 1. The van der Waals surface area contributed by atoms with Gasteiger partial charge in [0.25, 0.3) is 6.43 Å². The Hall–Kier alpha value is -2.90. The van der Waals surface area contributed by atoms with Crippen molar-refractivity contribution >= 4 is 17.4 Å². The third kappa shape index (κ3) is 3.94. The van der Waals surface area contributed by atoms with Crippen LogP contribution in [-0.4, -0.2) is 18.3 Å². The zero-order valence-electron chi connectivity index (χ0n) is 14.1. The Bertz CT molecular complexity index is 885. The van der Waals surface area contributed by atoms with Gasteiger partial charge in [-0.25, -0.2) is 17.6 Å². The van der Waals surface area contributed by atoms with E-state index in [2.05, 4.69) is 10.3 Å². The number of nitrogens with one attached hydrogen (secondary N) is 1. The van der Waals surface area contributed by atoms with E-state index in [4.69, 9.17) is 5.73 Å². The number of alkyl halides is 2. The average Bonchev–Trinajstić information content (AvgIpc) is 2.65. The van der Waals surface area contributed by atoms with Gasteiger partial charge in [0, 0.05) is 18.0 Å². The standard InChI is InChI=1S/C19H17F4N3O/c20-13-5-2-6-14(16(13)21)26-19(27)15-12(7-8-25-18(15)24)10-3-1-4-11(9-10)17(22)23/h1-6,9,12,15,17H,7-8H2,(H2,24,25)(H,26,27). The summed E-state index contributed by atoms with van der Waals surface area (Å²) in [6, 6.07) is 9.16. The predicted octanol–water partition coefficient (Wildman–Crippen LogP) is 4.00. The maximum atomic E-state index is 13.9. The summed E-state index contributed by atoms with van der Waals surface area (Å²) in [5.41, 5.74) is 5.94. The third-order valence-electron chi connectivity index (χ3n) is 4.54. The number of hydrogen-bond donors (Lipinski definition) is 2. The summed E-state index contributed by atoms with van der Waals surface area (Å²) in [6.45, 7) is 0.341. The van der Waals surface area contributed by atoms with Crippen molar-refractivity contribution in [1.29, 1.82) is 0 Å². The molecule has 0 bridgehead atoms. The third-order valence-corrected chi connectivity index (χ3v) is 4.54. The second-order valence-electron chi connectivity index (χ2n) is 6.24. The molecule has 1 aliphatic rings. The Kier molecular flexibility index (Phi) is 5.43. The van der Waals surface area contributed by atoms with E-state index in [9.17, 15) is 22.4 Å². The van der Waals surface area contributed by atoms with Crippen molar-refractivity contribution in [3.8, 4) is 0 Å². The Morgan fingerprint density at radius 1 is 1.19 bits per heavy atom. The van der Waals surface area contributed by atoms with E-state index in [-0.39, 0.29) is 17.1 Å². The van der Waals surface area contributed by atoms with E-state index in [0.29, 0.717) is 18.5 Å². The van der Waals surface area contributed by atoms with Crippen LogP contribution in [0.1, 0.15) is 29.9 Å². The molecule has 0 fully saturated rings. The smallest absolute Gasteiger partial charge is 0.263 e. The molecule has 3 N–H and O–H groups in total. The molecule has 0 aromatic heterocycles. The van der Waals surface area contributed by atoms with Crippen molar-refractivity contribution < 1.29 is 22.4 Å². The van der Waals surface area contributed by atoms with E-state index in [1.165, 1.54) is 30.3 Å². The minimum Gasteiger partial charge on any atom is -0.387 e. The molecule has 8 heteroatoms. The monoisotopic (exact) mass is 379 g/mol. The number of amides is 1. The molecule has 27 heavy (non-hydrogen) atoms. The van der Waals surface area contributed by atoms with Gasteiger partial charge in [-0.1, -0.05) is 24.3 Å². The first kappa shape index (κ1) is 18.9. The average molecular weight is 379 g/mol. The number of aliphatic imine (C=N–C) groups is 1. The van der Waals surface area contributed by atoms with Crippen molar-refractivity contribution in [3.63, 3.8) is 0 Å². The van der Waals surface area contributed by atoms with Crippen molar-refractivity contribution in [1.82, 2.24) is 0 Å². The van der Waals surface area contributed by atoms with Gasteiger partial charge in [-0.15, -0.1) is 0 Å². The fraction of sp³-hybridized carbons (Fsp3) is 0.263. The first-order chi connectivity index (χ1) is 12.9. The fourth-order valence-electron chi connectivity index (χ4n) is 3.22. The highest BCUT2D eigenvalue weighted by Gasteiger charge is 2.35. The lowest BCUT2D eigenvalue weighted by molar-refractivity contribution is -0.118. The molecule has 0 radical (unpaired) electrons. The lowest BCUT2D eigenvalue weighted by Gasteiger charge is -2.29. The number of anilines is 1. The number of halogens is 4. The van der Waals surface area contributed by atoms with Crippen LogP contribution in [0.4, 0.5) is 23.2 Å². The highest BCUT2D eigenvalue weighted by Crippen LogP contribution is 2.34. The lowest BCUT2D eigenvalue weighted by Crippen LogP contribution is -2.41. The van der Waals surface area contributed by atoms with Crippen LogP contribution in [0.25, 0.3) is 0 Å². The van der Waals surface area contributed by atoms with Crippen LogP contribution in [0.3, 0.4) is 0 Å². The van der Waals surface area contributed by atoms with Gasteiger partial charge in [-0.2, -0.15) is 0 Å². The minimum atomic E-state index is -2.65. The first-order valence-corrected chi connectivity index (χ1v) is 8.31. The largest absolute Gasteiger partial charge is 0.387 e. The Labute approximate surface area is 153 Å². The van der Waals surface area contributed by atoms with E-state index in [0.717, 1.165) is 6.07 Å². The number of nitrogens with two attached hydrogens (primary N) is 1. The van der Waals surface area contributed by atoms with Crippen LogP contribution in [0.5, 0.6) is 0 Å². The number of benzene rings is 2. The zero-order valence-corrected chi connectivity index (χ0v) is 14.1. The van der Waals surface area contributed by atoms with Gasteiger partial charge >= 0.3 is 0 Å². The first-order valence-electron chi connectivity index (χ1n) is 8.31. The fourth-order valence-corrected chi connectivity index (χ4v) is 3.22. The zero-order chi connectivity index (χ0) is 19.6. The Balaban J connectivity index is 1.91. The Morgan fingerprint density at radius 2 is 1.93 bits per heavy atom. The molecule has 0 saturated heterocycles. The van der Waals surface area contributed by atoms with E-state index in [1.54, 1.807) is 6.07 Å². The molecule has 0 aliphatic carbocycles. The summed E-state index contributed by atoms with van der Waals surface area (Å²) < 4.78 is 53.2. The Morgan fingerprint density at radius 3 is 2.67 bits per heavy atom. The van der Waals surface area contributed by atoms with Gasteiger partial charge in [0.1, 0.15) is 11.8 Å². The van der Waals surface area contributed by atoms with Gasteiger partial charge in [0.15, 0.2) is 11.6 Å². The number of carbonyl (C=O) groups excluding carboxylic acids is 1. The molecule has 2 aromatic rings. The molecule has 1 amide bonds. The normalized spacial score (nSPS) is 19.7. The molecule has 1 heterocycles. The number of amidine groups is 1. The summed E-state index contributed by atoms with van der Waals surface area (Å²) in [4.78, 5) is 16.8. The lowest BCUT2D eigenvalue weighted by atomic mass is 9.80. The van der Waals surface area contributed by atoms with Crippen LogP contribution < -0.4 is 11.1 Å². The summed E-state index contributed by atoms with van der Waals surface area (Å²) in [5, 5.41) is 2.33. The molecule has 2 unspecified atom stereocenters. The SMILES string of the molecule is NC1=NCCC(c2cccc(C(F)F)c2)C1C(=O)Nc1cccc(F)c1F. The highest BCUT2D eigenvalue weighted by atomic mass is 19.3. The van der Waals surface area contributed by atoms with Crippen molar-refractivity contribution in [2.45, 2.75) is 18.8 Å². The highest BCUT2D eigenvalue weighted by molar-refractivity contribution is 6.09. The van der Waals surface area contributed by atoms with Crippen LogP contribution in [0, 0.1) is 17.6 Å². The maximum Gasteiger partial charge on any atom is 0.263 e. The van der Waals surface area contributed by atoms with Crippen LogP contribution in [-0.2, 0) is 4.79 Å². The van der Waals surface area contributed by atoms with Crippen molar-refractivity contribution in [2.24, 2.45) is 16.6 Å². The van der Waals surface area contributed by atoms with Crippen LogP contribution in [0.2, 0.25) is 0 Å². The molecule has 3 rings (SSSR count). The van der Waals surface area contributed by atoms with Gasteiger partial charge in [0.05, 0.1) is 5.69 Å². The van der Waals surface area contributed by atoms with Gasteiger partial charge in [-0.3, -0.25) is 9.79 Å². The van der Waals surface area contributed by atoms with Gasteiger partial charge in [-0.05, 0) is 30.2 Å². The molecular weight excluding hydrogens is 362 g/mol. The van der Waals surface area contributed by atoms with Crippen LogP contribution in [0.15, 0.2) is 47.5 Å². The number of nitrogens with zero attached hydrogens (tertiary/aromatic N) is 1. The van der Waals surface area contributed by atoms with Crippen molar-refractivity contribution in [3.05, 3.63) is 65.2 Å². The molecule has 2 aromatic carbocycles. The molecule has 4 nitrogen and oxygen atoms in total. The van der Waals surface area contributed by atoms with E-state index >= 15 is 0 Å². The molecular formula is C19H17F4N3O. The quantitative estimate of drug-likeness (QED) is 0.789. The summed E-state index contributed by atoms with van der Waals surface area (Å²) in [5.74, 6) is -4.41. The topological polar surface area (TPSA) is 67.5 Å². The molecule has 2 atom stereocenters. The predicted molar refractivity (Wildman–Crippen MR) is 93.7 cm³/mol. The minimum absolute atomic E-state index is 0.0306. The van der Waals surface area contributed by atoms with Gasteiger partial charge < -0.3 is 11.1 Å². The maximum absolute atomic E-state index is 13.9. The summed E-state index contributed by atoms with van der Waals surface area (Å²) in [7, 11) is 0. The van der Waals surface area contributed by atoms with Crippen LogP contribution >= 0.6 is 0 Å². The second-order valence-corrected chi connectivity index (χ2v) is 6.24. The number of rotatable bonds is 4. The molecule has 142 valence electrons. The summed E-state index contributed by atoms with van der Waals surface area (Å²) in [6.07, 6.45) is -2.23. The second kappa shape index (κ2) is 7.77. The van der Waals surface area contributed by atoms with Gasteiger partial charge in [0.2, 0.25) is 5.91 Å². The van der Waals surface area contributed by atoms with E-state index < -0.39 is 35.8 Å². The molecule has 1 aliphatic heterocycles. The number of hydrogen-bond acceptors (Lipinski definition) is 3. The van der Waals surface area contributed by atoms with E-state index in [1.807, 2.05) is 0 Å². The molecule has 0 spiro atoms. The molecule has 0 saturated carbocycles. The summed E-state index contributed by atoms with van der Waals surface area (Å²) >= 11 is 0. The van der Waals surface area contributed by atoms with Crippen molar-refractivity contribution in [2.75, 3.05) is 11.9 Å².